The second-order valence-electron chi connectivity index (χ2n) is 4.81. The lowest BCUT2D eigenvalue weighted by Crippen LogP contribution is -2.56. The third-order valence-electron chi connectivity index (χ3n) is 3.11. The molecular weight excluding hydrogens is 332 g/mol. The Labute approximate surface area is 136 Å². The summed E-state index contributed by atoms with van der Waals surface area (Å²) in [6.45, 7) is -3.91. The van der Waals surface area contributed by atoms with Gasteiger partial charge in [0, 0.05) is 13.1 Å². The molecule has 0 heterocycles. The van der Waals surface area contributed by atoms with E-state index in [0.29, 0.717) is 0 Å². The summed E-state index contributed by atoms with van der Waals surface area (Å²) in [7, 11) is 0. The first-order valence-corrected chi connectivity index (χ1v) is 6.73. The van der Waals surface area contributed by atoms with Crippen LogP contribution in [0.2, 0.25) is 0 Å². The molecule has 0 aromatic heterocycles. The van der Waals surface area contributed by atoms with Crippen LogP contribution in [0.25, 0.3) is 0 Å². The Kier molecular flexibility index (Phi) is 9.49. The Hall–Kier alpha value is -2.28. The molecule has 0 aromatic carbocycles. The Morgan fingerprint density at radius 3 is 1.33 bits per heavy atom. The van der Waals surface area contributed by atoms with Crippen molar-refractivity contribution >= 4 is 23.9 Å². The molecule has 6 N–H and O–H groups in total. The number of carbonyl (C=O) groups is 4. The molecule has 0 spiro atoms. The van der Waals surface area contributed by atoms with Crippen LogP contribution in [0.4, 0.5) is 0 Å². The molecule has 0 fully saturated rings. The van der Waals surface area contributed by atoms with E-state index in [0.717, 1.165) is 9.80 Å². The zero-order valence-electron chi connectivity index (χ0n) is 12.6. The van der Waals surface area contributed by atoms with E-state index in [2.05, 4.69) is 0 Å². The van der Waals surface area contributed by atoms with Crippen LogP contribution in [-0.4, -0.2) is 116 Å². The predicted octanol–water partition coefficient (Wildman–Crippen LogP) is -3.35. The van der Waals surface area contributed by atoms with Crippen molar-refractivity contribution in [2.24, 2.45) is 0 Å². The van der Waals surface area contributed by atoms with E-state index >= 15 is 0 Å². The van der Waals surface area contributed by atoms with E-state index in [1.165, 1.54) is 0 Å². The normalized spacial score (nSPS) is 13.7. The number of hydrogen-bond acceptors (Lipinski definition) is 8. The van der Waals surface area contributed by atoms with Gasteiger partial charge in [-0.1, -0.05) is 0 Å². The summed E-state index contributed by atoms with van der Waals surface area (Å²) in [4.78, 5) is 45.4. The number of carboxylic acid groups (broad SMARTS) is 4. The van der Waals surface area contributed by atoms with Gasteiger partial charge in [0.15, 0.2) is 0 Å². The summed E-state index contributed by atoms with van der Waals surface area (Å²) in [5.74, 6) is -5.73. The van der Waals surface area contributed by atoms with Crippen LogP contribution < -0.4 is 0 Å². The average molecular weight is 352 g/mol. The van der Waals surface area contributed by atoms with E-state index < -0.39 is 68.8 Å². The lowest BCUT2D eigenvalue weighted by atomic mass is 10.1. The van der Waals surface area contributed by atoms with Gasteiger partial charge in [-0.2, -0.15) is 0 Å². The van der Waals surface area contributed by atoms with Gasteiger partial charge in [0.05, 0.1) is 26.3 Å². The minimum absolute atomic E-state index is 0.299. The largest absolute Gasteiger partial charge is 0.480 e. The van der Waals surface area contributed by atoms with Gasteiger partial charge >= 0.3 is 23.9 Å². The quantitative estimate of drug-likeness (QED) is 0.193. The summed E-state index contributed by atoms with van der Waals surface area (Å²) in [6.07, 6.45) is 0. The number of aliphatic carboxylic acids is 4. The highest BCUT2D eigenvalue weighted by molar-refractivity contribution is 5.77. The van der Waals surface area contributed by atoms with E-state index in [9.17, 15) is 19.2 Å². The minimum atomic E-state index is -1.66. The third kappa shape index (κ3) is 7.32. The molecule has 0 aliphatic heterocycles. The van der Waals surface area contributed by atoms with Gasteiger partial charge in [-0.05, 0) is 0 Å². The molecule has 138 valence electrons. The molecule has 0 rings (SSSR count). The lowest BCUT2D eigenvalue weighted by Gasteiger charge is -2.33. The fourth-order valence-electron chi connectivity index (χ4n) is 2.03. The van der Waals surface area contributed by atoms with Gasteiger partial charge in [-0.3, -0.25) is 29.0 Å². The van der Waals surface area contributed by atoms with Crippen molar-refractivity contribution in [1.29, 1.82) is 0 Å². The average Bonchev–Trinajstić information content (AvgIpc) is 2.43. The van der Waals surface area contributed by atoms with Crippen molar-refractivity contribution in [3.63, 3.8) is 0 Å². The van der Waals surface area contributed by atoms with Crippen LogP contribution >= 0.6 is 0 Å². The summed E-state index contributed by atoms with van der Waals surface area (Å²) >= 11 is 0. The molecule has 0 saturated carbocycles. The second kappa shape index (κ2) is 10.5. The highest BCUT2D eigenvalue weighted by atomic mass is 16.4. The highest BCUT2D eigenvalue weighted by Gasteiger charge is 2.35. The lowest BCUT2D eigenvalue weighted by molar-refractivity contribution is -0.155. The molecule has 2 atom stereocenters. The van der Waals surface area contributed by atoms with Crippen molar-refractivity contribution in [3.8, 4) is 0 Å². The fraction of sp³-hybridized carbons (Fsp3) is 0.667. The second-order valence-corrected chi connectivity index (χ2v) is 4.81. The van der Waals surface area contributed by atoms with E-state index in [1.807, 2.05) is 0 Å². The molecule has 12 heteroatoms. The molecule has 0 radical (unpaired) electrons. The van der Waals surface area contributed by atoms with E-state index in [1.54, 1.807) is 0 Å². The van der Waals surface area contributed by atoms with Gasteiger partial charge < -0.3 is 30.6 Å². The number of carboxylic acids is 4. The maximum absolute atomic E-state index is 11.1. The van der Waals surface area contributed by atoms with Crippen molar-refractivity contribution in [2.45, 2.75) is 12.1 Å². The molecule has 0 bridgehead atoms. The molecule has 0 aromatic rings. The van der Waals surface area contributed by atoms with Gasteiger partial charge in [0.1, 0.15) is 12.1 Å². The minimum Gasteiger partial charge on any atom is -0.480 e. The van der Waals surface area contributed by atoms with Crippen LogP contribution in [0.3, 0.4) is 0 Å². The summed E-state index contributed by atoms with van der Waals surface area (Å²) < 4.78 is 0. The number of aliphatic hydroxyl groups is 2. The Morgan fingerprint density at radius 1 is 0.708 bits per heavy atom. The Morgan fingerprint density at radius 2 is 1.08 bits per heavy atom. The number of hydrogen-bond donors (Lipinski definition) is 6. The van der Waals surface area contributed by atoms with Crippen LogP contribution in [0.5, 0.6) is 0 Å². The molecule has 0 amide bonds. The third-order valence-corrected chi connectivity index (χ3v) is 3.11. The Bertz CT molecular complexity index is 431. The van der Waals surface area contributed by atoms with E-state index in [-0.39, 0.29) is 6.54 Å². The van der Waals surface area contributed by atoms with Gasteiger partial charge in [-0.15, -0.1) is 0 Å². The van der Waals surface area contributed by atoms with Gasteiger partial charge in [0.25, 0.3) is 0 Å². The van der Waals surface area contributed by atoms with Crippen molar-refractivity contribution < 1.29 is 49.8 Å². The van der Waals surface area contributed by atoms with Gasteiger partial charge in [0.2, 0.25) is 0 Å². The zero-order chi connectivity index (χ0) is 18.9. The standard InChI is InChI=1S/C12H20N2O10/c15-5-7(11(21)22)14(8(6-16)12(23)24)2-1-13(3-9(17)18)4-10(19)20/h7-8,15-16H,1-6H2,(H,17,18)(H,19,20)(H,21,22)(H,23,24). The zero-order valence-corrected chi connectivity index (χ0v) is 12.6. The molecule has 2 unspecified atom stereocenters. The molecule has 12 nitrogen and oxygen atoms in total. The Balaban J connectivity index is 5.27. The topological polar surface area (TPSA) is 196 Å². The molecule has 0 aliphatic carbocycles. The number of rotatable bonds is 13. The first-order chi connectivity index (χ1) is 11.1. The van der Waals surface area contributed by atoms with E-state index in [4.69, 9.17) is 30.6 Å². The first-order valence-electron chi connectivity index (χ1n) is 6.73. The maximum Gasteiger partial charge on any atom is 0.323 e. The molecule has 24 heavy (non-hydrogen) atoms. The monoisotopic (exact) mass is 352 g/mol. The van der Waals surface area contributed by atoms with Gasteiger partial charge in [-0.25, -0.2) is 0 Å². The van der Waals surface area contributed by atoms with Crippen LogP contribution in [0, 0.1) is 0 Å². The SMILES string of the molecule is O=C(O)CN(CCN(C(CO)C(=O)O)C(CO)C(=O)O)CC(=O)O. The summed E-state index contributed by atoms with van der Waals surface area (Å²) in [5.41, 5.74) is 0. The van der Waals surface area contributed by atoms with Crippen molar-refractivity contribution in [2.75, 3.05) is 39.4 Å². The molecule has 0 saturated heterocycles. The maximum atomic E-state index is 11.1. The summed E-state index contributed by atoms with van der Waals surface area (Å²) in [6, 6.07) is -3.32. The van der Waals surface area contributed by atoms with Crippen molar-refractivity contribution in [1.82, 2.24) is 9.80 Å². The van der Waals surface area contributed by atoms with Crippen LogP contribution in [0.15, 0.2) is 0 Å². The van der Waals surface area contributed by atoms with Crippen molar-refractivity contribution in [3.05, 3.63) is 0 Å². The fourth-order valence-corrected chi connectivity index (χ4v) is 2.03. The predicted molar refractivity (Wildman–Crippen MR) is 75.4 cm³/mol. The molecule has 0 aliphatic rings. The van der Waals surface area contributed by atoms with Crippen LogP contribution in [0.1, 0.15) is 0 Å². The van der Waals surface area contributed by atoms with Crippen LogP contribution in [-0.2, 0) is 19.2 Å². The smallest absolute Gasteiger partial charge is 0.323 e. The molecular formula is C12H20N2O10. The number of nitrogens with zero attached hydrogens (tertiary/aromatic N) is 2. The number of aliphatic hydroxyl groups excluding tert-OH is 2. The summed E-state index contributed by atoms with van der Waals surface area (Å²) in [5, 5.41) is 53.9. The first kappa shape index (κ1) is 21.7. The highest BCUT2D eigenvalue weighted by Crippen LogP contribution is 2.08.